The van der Waals surface area contributed by atoms with E-state index in [9.17, 15) is 9.18 Å². The highest BCUT2D eigenvalue weighted by atomic mass is 35.5. The van der Waals surface area contributed by atoms with Crippen LogP contribution in [-0.2, 0) is 5.88 Å². The van der Waals surface area contributed by atoms with Crippen LogP contribution >= 0.6 is 23.2 Å². The minimum Gasteiger partial charge on any atom is -0.322 e. The average molecular weight is 298 g/mol. The molecule has 1 amide bonds. The zero-order valence-corrected chi connectivity index (χ0v) is 11.3. The smallest absolute Gasteiger partial charge is 0.255 e. The first-order valence-electron chi connectivity index (χ1n) is 5.51. The molecule has 19 heavy (non-hydrogen) atoms. The minimum atomic E-state index is -0.575. The Morgan fingerprint density at radius 3 is 2.68 bits per heavy atom. The van der Waals surface area contributed by atoms with Gasteiger partial charge in [0.2, 0.25) is 0 Å². The second-order valence-corrected chi connectivity index (χ2v) is 4.59. The Morgan fingerprint density at radius 2 is 2.00 bits per heavy atom. The molecule has 0 spiro atoms. The topological polar surface area (TPSA) is 29.1 Å². The molecule has 0 aliphatic carbocycles. The largest absolute Gasteiger partial charge is 0.322 e. The zero-order valence-electron chi connectivity index (χ0n) is 9.79. The van der Waals surface area contributed by atoms with Gasteiger partial charge in [-0.2, -0.15) is 0 Å². The summed E-state index contributed by atoms with van der Waals surface area (Å²) in [5.41, 5.74) is 1.66. The van der Waals surface area contributed by atoms with Crippen molar-refractivity contribution in [1.82, 2.24) is 0 Å². The van der Waals surface area contributed by atoms with Gasteiger partial charge in [0.1, 0.15) is 5.82 Å². The van der Waals surface area contributed by atoms with Crippen LogP contribution in [0.15, 0.2) is 42.5 Å². The maximum atomic E-state index is 13.3. The van der Waals surface area contributed by atoms with Crippen molar-refractivity contribution in [3.05, 3.63) is 64.4 Å². The quantitative estimate of drug-likeness (QED) is 0.832. The molecule has 2 aromatic carbocycles. The number of carbonyl (C=O) groups excluding carboxylic acids is 1. The Kier molecular flexibility index (Phi) is 4.40. The van der Waals surface area contributed by atoms with Crippen LogP contribution < -0.4 is 5.32 Å². The molecule has 2 rings (SSSR count). The van der Waals surface area contributed by atoms with Gasteiger partial charge in [0.05, 0.1) is 5.02 Å². The number of nitrogens with one attached hydrogen (secondary N) is 1. The van der Waals surface area contributed by atoms with E-state index in [1.165, 1.54) is 18.2 Å². The number of amides is 1. The lowest BCUT2D eigenvalue weighted by atomic mass is 10.1. The lowest BCUT2D eigenvalue weighted by molar-refractivity contribution is 0.102. The molecule has 2 aromatic rings. The number of carbonyl (C=O) groups is 1. The van der Waals surface area contributed by atoms with Crippen molar-refractivity contribution in [1.29, 1.82) is 0 Å². The lowest BCUT2D eigenvalue weighted by Gasteiger charge is -2.06. The Bertz CT molecular complexity index is 616. The van der Waals surface area contributed by atoms with Crippen LogP contribution in [0, 0.1) is 5.82 Å². The van der Waals surface area contributed by atoms with Crippen molar-refractivity contribution >= 4 is 34.8 Å². The van der Waals surface area contributed by atoms with Crippen LogP contribution in [0.1, 0.15) is 15.9 Å². The highest BCUT2D eigenvalue weighted by Gasteiger charge is 2.08. The summed E-state index contributed by atoms with van der Waals surface area (Å²) in [5, 5.41) is 2.61. The number of hydrogen-bond acceptors (Lipinski definition) is 1. The fourth-order valence-electron chi connectivity index (χ4n) is 1.57. The van der Waals surface area contributed by atoms with Crippen molar-refractivity contribution in [2.24, 2.45) is 0 Å². The summed E-state index contributed by atoms with van der Waals surface area (Å²) in [6.45, 7) is 0. The summed E-state index contributed by atoms with van der Waals surface area (Å²) < 4.78 is 13.3. The summed E-state index contributed by atoms with van der Waals surface area (Å²) in [6.07, 6.45) is 0. The standard InChI is InChI=1S/C14H10Cl2FNO/c15-8-9-2-1-3-10(6-9)14(19)18-11-4-5-12(16)13(17)7-11/h1-7H,8H2,(H,18,19). The Hall–Kier alpha value is -1.58. The van der Waals surface area contributed by atoms with Crippen LogP contribution in [0.4, 0.5) is 10.1 Å². The van der Waals surface area contributed by atoms with Gasteiger partial charge >= 0.3 is 0 Å². The first-order chi connectivity index (χ1) is 9.10. The normalized spacial score (nSPS) is 10.3. The predicted molar refractivity (Wildman–Crippen MR) is 75.4 cm³/mol. The average Bonchev–Trinajstić information content (AvgIpc) is 2.43. The molecule has 0 saturated carbocycles. The minimum absolute atomic E-state index is 0.0159. The fourth-order valence-corrected chi connectivity index (χ4v) is 1.86. The maximum absolute atomic E-state index is 13.3. The molecule has 0 bridgehead atoms. The molecular weight excluding hydrogens is 288 g/mol. The van der Waals surface area contributed by atoms with Crippen molar-refractivity contribution in [3.8, 4) is 0 Å². The van der Waals surface area contributed by atoms with Crippen molar-refractivity contribution in [2.75, 3.05) is 5.32 Å². The van der Waals surface area contributed by atoms with E-state index in [1.807, 2.05) is 6.07 Å². The van der Waals surface area contributed by atoms with Crippen LogP contribution in [-0.4, -0.2) is 5.91 Å². The van der Waals surface area contributed by atoms with Crippen molar-refractivity contribution in [2.45, 2.75) is 5.88 Å². The second kappa shape index (κ2) is 6.04. The molecule has 0 atom stereocenters. The second-order valence-electron chi connectivity index (χ2n) is 3.92. The van der Waals surface area contributed by atoms with E-state index in [0.717, 1.165) is 5.56 Å². The molecule has 0 saturated heterocycles. The molecule has 0 fully saturated rings. The maximum Gasteiger partial charge on any atom is 0.255 e. The number of hydrogen-bond donors (Lipinski definition) is 1. The Morgan fingerprint density at radius 1 is 1.21 bits per heavy atom. The molecule has 0 heterocycles. The van der Waals surface area contributed by atoms with Crippen LogP contribution in [0.25, 0.3) is 0 Å². The first kappa shape index (κ1) is 13.8. The molecule has 0 radical (unpaired) electrons. The van der Waals surface area contributed by atoms with Gasteiger partial charge in [0.15, 0.2) is 0 Å². The molecule has 1 N–H and O–H groups in total. The van der Waals surface area contributed by atoms with Crippen molar-refractivity contribution < 1.29 is 9.18 Å². The third kappa shape index (κ3) is 3.46. The molecule has 5 heteroatoms. The van der Waals surface area contributed by atoms with E-state index in [-0.39, 0.29) is 10.9 Å². The van der Waals surface area contributed by atoms with Gasteiger partial charge in [0.25, 0.3) is 5.91 Å². The van der Waals surface area contributed by atoms with E-state index in [1.54, 1.807) is 18.2 Å². The van der Waals surface area contributed by atoms with E-state index in [2.05, 4.69) is 5.32 Å². The van der Waals surface area contributed by atoms with E-state index < -0.39 is 5.82 Å². The monoisotopic (exact) mass is 297 g/mol. The Balaban J connectivity index is 2.18. The van der Waals surface area contributed by atoms with Gasteiger partial charge in [-0.3, -0.25) is 4.79 Å². The molecule has 0 aliphatic heterocycles. The summed E-state index contributed by atoms with van der Waals surface area (Å²) in [7, 11) is 0. The number of anilines is 1. The molecule has 98 valence electrons. The molecule has 0 aliphatic rings. The summed E-state index contributed by atoms with van der Waals surface area (Å²) in [4.78, 5) is 12.0. The summed E-state index contributed by atoms with van der Waals surface area (Å²) >= 11 is 11.3. The SMILES string of the molecule is O=C(Nc1ccc(Cl)c(F)c1)c1cccc(CCl)c1. The van der Waals surface area contributed by atoms with Crippen LogP contribution in [0.5, 0.6) is 0 Å². The molecule has 0 unspecified atom stereocenters. The van der Waals surface area contributed by atoms with Crippen LogP contribution in [0.3, 0.4) is 0 Å². The zero-order chi connectivity index (χ0) is 13.8. The van der Waals surface area contributed by atoms with Crippen LogP contribution in [0.2, 0.25) is 5.02 Å². The highest BCUT2D eigenvalue weighted by Crippen LogP contribution is 2.19. The molecule has 0 aromatic heterocycles. The summed E-state index contributed by atoms with van der Waals surface area (Å²) in [5.74, 6) is -0.570. The molecular formula is C14H10Cl2FNO. The molecule has 2 nitrogen and oxygen atoms in total. The number of alkyl halides is 1. The van der Waals surface area contributed by atoms with Gasteiger partial charge in [-0.15, -0.1) is 11.6 Å². The van der Waals surface area contributed by atoms with Crippen molar-refractivity contribution in [3.63, 3.8) is 0 Å². The van der Waals surface area contributed by atoms with E-state index in [0.29, 0.717) is 17.1 Å². The Labute approximate surface area is 120 Å². The number of halogens is 3. The number of benzene rings is 2. The third-order valence-corrected chi connectivity index (χ3v) is 3.14. The number of rotatable bonds is 3. The van der Waals surface area contributed by atoms with Gasteiger partial charge < -0.3 is 5.32 Å². The fraction of sp³-hybridized carbons (Fsp3) is 0.0714. The van der Waals surface area contributed by atoms with Gasteiger partial charge in [-0.25, -0.2) is 4.39 Å². The van der Waals surface area contributed by atoms with E-state index >= 15 is 0 Å². The predicted octanol–water partition coefficient (Wildman–Crippen LogP) is 4.47. The van der Waals surface area contributed by atoms with Gasteiger partial charge in [0, 0.05) is 17.1 Å². The highest BCUT2D eigenvalue weighted by molar-refractivity contribution is 6.30. The first-order valence-corrected chi connectivity index (χ1v) is 6.42. The van der Waals surface area contributed by atoms with Gasteiger partial charge in [-0.1, -0.05) is 23.7 Å². The third-order valence-electron chi connectivity index (χ3n) is 2.52. The summed E-state index contributed by atoms with van der Waals surface area (Å²) in [6, 6.07) is 11.0. The van der Waals surface area contributed by atoms with Gasteiger partial charge in [-0.05, 0) is 35.9 Å². The van der Waals surface area contributed by atoms with E-state index in [4.69, 9.17) is 23.2 Å². The lowest BCUT2D eigenvalue weighted by Crippen LogP contribution is -2.12.